The van der Waals surface area contributed by atoms with Crippen molar-refractivity contribution in [1.82, 2.24) is 9.88 Å². The molecule has 2 aromatic carbocycles. The summed E-state index contributed by atoms with van der Waals surface area (Å²) in [6.07, 6.45) is 0.291. The van der Waals surface area contributed by atoms with Gasteiger partial charge in [0.05, 0.1) is 13.0 Å². The molecule has 0 saturated heterocycles. The molecule has 0 aliphatic carbocycles. The number of carbonyl (C=O) groups is 1. The second-order valence-electron chi connectivity index (χ2n) is 6.02. The van der Waals surface area contributed by atoms with Crippen molar-refractivity contribution < 1.29 is 9.90 Å². The lowest BCUT2D eigenvalue weighted by atomic mass is 10.2. The van der Waals surface area contributed by atoms with Gasteiger partial charge in [0.1, 0.15) is 0 Å². The Morgan fingerprint density at radius 3 is 2.68 bits per heavy atom. The van der Waals surface area contributed by atoms with E-state index in [-0.39, 0.29) is 19.1 Å². The van der Waals surface area contributed by atoms with E-state index < -0.39 is 0 Å². The number of nitrogens with zero attached hydrogens (tertiary/aromatic N) is 1. The maximum atomic E-state index is 12.2. The Labute approximate surface area is 151 Å². The third kappa shape index (κ3) is 3.89. The second kappa shape index (κ2) is 7.76. The van der Waals surface area contributed by atoms with Crippen LogP contribution < -0.4 is 5.32 Å². The van der Waals surface area contributed by atoms with Crippen molar-refractivity contribution in [2.75, 3.05) is 13.2 Å². The molecule has 0 unspecified atom stereocenters. The van der Waals surface area contributed by atoms with Crippen LogP contribution in [0.5, 0.6) is 0 Å². The van der Waals surface area contributed by atoms with Crippen LogP contribution in [-0.2, 0) is 18.3 Å². The summed E-state index contributed by atoms with van der Waals surface area (Å²) in [6.45, 7) is 2.31. The van der Waals surface area contributed by atoms with Crippen LogP contribution in [0.2, 0.25) is 0 Å². The number of aryl methyl sites for hydroxylation is 2. The number of amides is 1. The van der Waals surface area contributed by atoms with Crippen molar-refractivity contribution in [2.45, 2.75) is 23.1 Å². The summed E-state index contributed by atoms with van der Waals surface area (Å²) < 4.78 is 2.10. The van der Waals surface area contributed by atoms with Gasteiger partial charge in [-0.1, -0.05) is 41.6 Å². The molecule has 3 rings (SSSR count). The molecular weight excluding hydrogens is 332 g/mol. The fraction of sp³-hybridized carbons (Fsp3) is 0.250. The van der Waals surface area contributed by atoms with E-state index in [0.29, 0.717) is 6.42 Å². The van der Waals surface area contributed by atoms with Crippen molar-refractivity contribution in [1.29, 1.82) is 0 Å². The average Bonchev–Trinajstić information content (AvgIpc) is 2.86. The van der Waals surface area contributed by atoms with Gasteiger partial charge >= 0.3 is 0 Å². The number of carbonyl (C=O) groups excluding carboxylic acids is 1. The van der Waals surface area contributed by atoms with E-state index in [4.69, 9.17) is 5.11 Å². The molecule has 3 aromatic rings. The Balaban J connectivity index is 2.05. The number of aromatic nitrogens is 1. The van der Waals surface area contributed by atoms with E-state index in [2.05, 4.69) is 47.1 Å². The number of nitrogens with one attached hydrogen (secondary N) is 1. The summed E-state index contributed by atoms with van der Waals surface area (Å²) in [5, 5.41) is 12.8. The predicted octanol–water partition coefficient (Wildman–Crippen LogP) is 3.29. The topological polar surface area (TPSA) is 54.3 Å². The Morgan fingerprint density at radius 2 is 1.96 bits per heavy atom. The van der Waals surface area contributed by atoms with Gasteiger partial charge in [-0.3, -0.25) is 4.79 Å². The van der Waals surface area contributed by atoms with Crippen LogP contribution >= 0.6 is 11.8 Å². The number of fused-ring (bicyclic) bond motifs is 1. The van der Waals surface area contributed by atoms with E-state index in [1.807, 2.05) is 25.2 Å². The van der Waals surface area contributed by atoms with Gasteiger partial charge in [-0.2, -0.15) is 0 Å². The Hall–Kier alpha value is -2.24. The summed E-state index contributed by atoms with van der Waals surface area (Å²) in [6, 6.07) is 16.6. The maximum Gasteiger partial charge on any atom is 0.226 e. The minimum Gasteiger partial charge on any atom is -0.395 e. The summed E-state index contributed by atoms with van der Waals surface area (Å²) in [5.41, 5.74) is 3.31. The molecular formula is C20H22N2O2S. The minimum atomic E-state index is -0.0772. The first kappa shape index (κ1) is 17.6. The lowest BCUT2D eigenvalue weighted by molar-refractivity contribution is -0.120. The van der Waals surface area contributed by atoms with Gasteiger partial charge in [0.15, 0.2) is 0 Å². The monoisotopic (exact) mass is 354 g/mol. The van der Waals surface area contributed by atoms with Gasteiger partial charge in [-0.05, 0) is 31.2 Å². The number of hydrogen-bond acceptors (Lipinski definition) is 3. The van der Waals surface area contributed by atoms with Crippen LogP contribution in [0, 0.1) is 6.92 Å². The molecule has 0 aliphatic rings. The zero-order chi connectivity index (χ0) is 17.8. The first-order valence-electron chi connectivity index (χ1n) is 8.28. The molecule has 0 atom stereocenters. The second-order valence-corrected chi connectivity index (χ2v) is 7.10. The number of rotatable bonds is 6. The Bertz CT molecular complexity index is 888. The van der Waals surface area contributed by atoms with Crippen molar-refractivity contribution in [2.24, 2.45) is 7.05 Å². The molecule has 5 heteroatoms. The van der Waals surface area contributed by atoms with Gasteiger partial charge in [-0.25, -0.2) is 0 Å². The van der Waals surface area contributed by atoms with Crippen LogP contribution in [0.15, 0.2) is 58.3 Å². The van der Waals surface area contributed by atoms with Gasteiger partial charge in [-0.15, -0.1) is 0 Å². The predicted molar refractivity (Wildman–Crippen MR) is 102 cm³/mol. The van der Waals surface area contributed by atoms with Crippen molar-refractivity contribution in [3.63, 3.8) is 0 Å². The molecule has 0 aliphatic heterocycles. The SMILES string of the molecule is Cc1ccc2c(c1)c(Sc1ccccc1)c(CC(=O)NCCO)n2C. The highest BCUT2D eigenvalue weighted by Gasteiger charge is 2.18. The van der Waals surface area contributed by atoms with Gasteiger partial charge in [0.2, 0.25) is 5.91 Å². The van der Waals surface area contributed by atoms with Crippen LogP contribution in [0.4, 0.5) is 0 Å². The molecule has 0 spiro atoms. The van der Waals surface area contributed by atoms with Crippen molar-refractivity contribution in [3.05, 3.63) is 59.8 Å². The van der Waals surface area contributed by atoms with Gasteiger partial charge < -0.3 is 15.0 Å². The quantitative estimate of drug-likeness (QED) is 0.714. The molecule has 4 nitrogen and oxygen atoms in total. The van der Waals surface area contributed by atoms with E-state index in [1.165, 1.54) is 10.9 Å². The normalized spacial score (nSPS) is 11.0. The van der Waals surface area contributed by atoms with Crippen LogP contribution in [0.3, 0.4) is 0 Å². The molecule has 0 saturated carbocycles. The van der Waals surface area contributed by atoms with E-state index >= 15 is 0 Å². The molecule has 1 aromatic heterocycles. The smallest absolute Gasteiger partial charge is 0.226 e. The third-order valence-corrected chi connectivity index (χ3v) is 5.32. The highest BCUT2D eigenvalue weighted by atomic mass is 32.2. The first-order chi connectivity index (χ1) is 12.1. The molecule has 0 radical (unpaired) electrons. The van der Waals surface area contributed by atoms with E-state index in [0.717, 1.165) is 21.0 Å². The number of benzene rings is 2. The lowest BCUT2D eigenvalue weighted by Gasteiger charge is -2.08. The molecule has 1 heterocycles. The standard InChI is InChI=1S/C20H22N2O2S/c1-14-8-9-17-16(12-14)20(25-15-6-4-3-5-7-15)18(22(17)2)13-19(24)21-10-11-23/h3-9,12,23H,10-11,13H2,1-2H3,(H,21,24). The molecule has 2 N–H and O–H groups in total. The molecule has 25 heavy (non-hydrogen) atoms. The third-order valence-electron chi connectivity index (χ3n) is 4.15. The fourth-order valence-corrected chi connectivity index (χ4v) is 4.04. The highest BCUT2D eigenvalue weighted by Crippen LogP contribution is 2.38. The average molecular weight is 354 g/mol. The van der Waals surface area contributed by atoms with Crippen molar-refractivity contribution >= 4 is 28.6 Å². The number of aliphatic hydroxyl groups is 1. The summed E-state index contributed by atoms with van der Waals surface area (Å²) in [5.74, 6) is -0.0772. The minimum absolute atomic E-state index is 0.0499. The largest absolute Gasteiger partial charge is 0.395 e. The highest BCUT2D eigenvalue weighted by molar-refractivity contribution is 7.99. The lowest BCUT2D eigenvalue weighted by Crippen LogP contribution is -2.28. The van der Waals surface area contributed by atoms with Gasteiger partial charge in [0, 0.05) is 40.0 Å². The van der Waals surface area contributed by atoms with E-state index in [9.17, 15) is 4.79 Å². The van der Waals surface area contributed by atoms with E-state index in [1.54, 1.807) is 11.8 Å². The first-order valence-corrected chi connectivity index (χ1v) is 9.10. The Morgan fingerprint density at radius 1 is 1.20 bits per heavy atom. The summed E-state index contributed by atoms with van der Waals surface area (Å²) >= 11 is 1.69. The summed E-state index contributed by atoms with van der Waals surface area (Å²) in [4.78, 5) is 14.5. The Kier molecular flexibility index (Phi) is 5.46. The number of aliphatic hydroxyl groups excluding tert-OH is 1. The van der Waals surface area contributed by atoms with Gasteiger partial charge in [0.25, 0.3) is 0 Å². The van der Waals surface area contributed by atoms with Crippen LogP contribution in [-0.4, -0.2) is 28.7 Å². The molecule has 1 amide bonds. The molecule has 130 valence electrons. The molecule has 0 bridgehead atoms. The van der Waals surface area contributed by atoms with Crippen LogP contribution in [0.1, 0.15) is 11.3 Å². The van der Waals surface area contributed by atoms with Crippen LogP contribution in [0.25, 0.3) is 10.9 Å². The zero-order valence-electron chi connectivity index (χ0n) is 14.5. The summed E-state index contributed by atoms with van der Waals surface area (Å²) in [7, 11) is 2.00. The van der Waals surface area contributed by atoms with Crippen molar-refractivity contribution in [3.8, 4) is 0 Å². The number of hydrogen-bond donors (Lipinski definition) is 2. The zero-order valence-corrected chi connectivity index (χ0v) is 15.3. The molecule has 0 fully saturated rings. The maximum absolute atomic E-state index is 12.2. The fourth-order valence-electron chi connectivity index (χ4n) is 2.91.